The number of amides is 1. The van der Waals surface area contributed by atoms with Crippen molar-refractivity contribution in [3.05, 3.63) is 83.6 Å². The van der Waals surface area contributed by atoms with Crippen LogP contribution in [0.5, 0.6) is 11.6 Å². The first kappa shape index (κ1) is 14.2. The van der Waals surface area contributed by atoms with Crippen LogP contribution in [0.25, 0.3) is 0 Å². The number of pyridine rings is 1. The monoisotopic (exact) mass is 335 g/mol. The Balaban J connectivity index is 1.80. The van der Waals surface area contributed by atoms with Gasteiger partial charge < -0.3 is 15.8 Å². The Hall–Kier alpha value is -3.18. The Morgan fingerprint density at radius 1 is 1.16 bits per heavy atom. The lowest BCUT2D eigenvalue weighted by atomic mass is 10.2. The normalized spacial score (nSPS) is 12.1. The van der Waals surface area contributed by atoms with Gasteiger partial charge in [-0.1, -0.05) is 24.3 Å². The van der Waals surface area contributed by atoms with Gasteiger partial charge in [0, 0.05) is 32.2 Å². The molecule has 5 heteroatoms. The van der Waals surface area contributed by atoms with Gasteiger partial charge in [0.15, 0.2) is 0 Å². The van der Waals surface area contributed by atoms with Gasteiger partial charge in [0.2, 0.25) is 5.88 Å². The number of aromatic nitrogens is 1. The van der Waals surface area contributed by atoms with Crippen molar-refractivity contribution in [1.82, 2.24) is 4.98 Å². The zero-order chi connectivity index (χ0) is 19.4. The van der Waals surface area contributed by atoms with Crippen molar-refractivity contribution < 1.29 is 12.3 Å². The average molecular weight is 335 g/mol. The molecule has 5 nitrogen and oxygen atoms in total. The van der Waals surface area contributed by atoms with Crippen LogP contribution in [-0.4, -0.2) is 10.9 Å². The van der Waals surface area contributed by atoms with Crippen LogP contribution in [0.4, 0.5) is 5.69 Å². The molecule has 3 aromatic rings. The van der Waals surface area contributed by atoms with Crippen LogP contribution in [0.2, 0.25) is 0 Å². The van der Waals surface area contributed by atoms with E-state index in [4.69, 9.17) is 13.2 Å². The average Bonchev–Trinajstić information content (AvgIpc) is 2.61. The maximum Gasteiger partial charge on any atom is 0.255 e. The Morgan fingerprint density at radius 2 is 1.96 bits per heavy atom. The molecule has 0 atom stereocenters. The number of benzene rings is 2. The number of hydrogen-bond acceptors (Lipinski definition) is 4. The van der Waals surface area contributed by atoms with E-state index in [-0.39, 0.29) is 17.4 Å². The van der Waals surface area contributed by atoms with Crippen LogP contribution in [0.1, 0.15) is 24.4 Å². The summed E-state index contributed by atoms with van der Waals surface area (Å²) in [5.74, 6) is 0.361. The molecule has 1 amide bonds. The first-order valence-electron chi connectivity index (χ1n) is 8.74. The molecule has 0 saturated carbocycles. The molecule has 126 valence electrons. The summed E-state index contributed by atoms with van der Waals surface area (Å²) in [6, 6.07) is 18.8. The maximum absolute atomic E-state index is 12.4. The molecule has 0 unspecified atom stereocenters. The third-order valence-electron chi connectivity index (χ3n) is 3.45. The topological polar surface area (TPSA) is 77.2 Å². The third kappa shape index (κ3) is 4.43. The van der Waals surface area contributed by atoms with Crippen molar-refractivity contribution >= 4 is 11.6 Å². The predicted molar refractivity (Wildman–Crippen MR) is 97.8 cm³/mol. The number of carbonyl (C=O) groups is 1. The Bertz CT molecular complexity index is 957. The molecule has 0 spiro atoms. The number of nitrogens with two attached hydrogens (primary N) is 1. The molecule has 0 aliphatic heterocycles. The smallest absolute Gasteiger partial charge is 0.255 e. The second kappa shape index (κ2) is 7.59. The van der Waals surface area contributed by atoms with Crippen molar-refractivity contribution in [2.24, 2.45) is 5.73 Å². The summed E-state index contributed by atoms with van der Waals surface area (Å²) < 4.78 is 21.0. The summed E-state index contributed by atoms with van der Waals surface area (Å²) in [6.45, 7) is -0.269. The highest BCUT2D eigenvalue weighted by Crippen LogP contribution is 2.22. The molecule has 1 aromatic heterocycles. The molecular weight excluding hydrogens is 314 g/mol. The molecular formula is C20H19N3O2. The number of para-hydroxylation sites is 1. The van der Waals surface area contributed by atoms with E-state index >= 15 is 0 Å². The summed E-state index contributed by atoms with van der Waals surface area (Å²) in [5.41, 5.74) is 7.49. The van der Waals surface area contributed by atoms with E-state index in [1.54, 1.807) is 49.4 Å². The lowest BCUT2D eigenvalue weighted by molar-refractivity contribution is 0.102. The van der Waals surface area contributed by atoms with Crippen molar-refractivity contribution in [2.45, 2.75) is 13.4 Å². The molecule has 0 aliphatic carbocycles. The molecule has 0 fully saturated rings. The lowest BCUT2D eigenvalue weighted by Crippen LogP contribution is -2.11. The number of rotatable bonds is 5. The van der Waals surface area contributed by atoms with E-state index in [0.717, 1.165) is 0 Å². The van der Waals surface area contributed by atoms with Crippen LogP contribution < -0.4 is 15.8 Å². The lowest BCUT2D eigenvalue weighted by Gasteiger charge is -2.09. The van der Waals surface area contributed by atoms with Gasteiger partial charge in [0.05, 0.1) is 0 Å². The van der Waals surface area contributed by atoms with E-state index in [0.29, 0.717) is 22.7 Å². The number of nitrogens with zero attached hydrogens (tertiary/aromatic N) is 1. The first-order chi connectivity index (χ1) is 12.8. The van der Waals surface area contributed by atoms with E-state index < -0.39 is 6.50 Å². The van der Waals surface area contributed by atoms with Crippen molar-refractivity contribution in [2.75, 3.05) is 5.32 Å². The summed E-state index contributed by atoms with van der Waals surface area (Å²) >= 11 is 0. The second-order valence-corrected chi connectivity index (χ2v) is 5.43. The number of anilines is 1. The van der Waals surface area contributed by atoms with Crippen LogP contribution in [0.15, 0.2) is 66.7 Å². The molecule has 0 saturated heterocycles. The molecule has 0 bridgehead atoms. The number of aryl methyl sites for hydroxylation is 1. The molecule has 0 radical (unpaired) electrons. The fourth-order valence-corrected chi connectivity index (χ4v) is 2.32. The number of carbonyl (C=O) groups excluding carboxylic acids is 1. The Morgan fingerprint density at radius 3 is 2.72 bits per heavy atom. The standard InChI is InChI=1S/C20H19N3O2/c1-14-10-15(13-21)11-19(22-14)25-18-9-5-6-16(12-18)20(24)23-17-7-3-2-4-8-17/h2-12H,13,21H2,1H3,(H,23,24)/i13D2. The SMILES string of the molecule is [2H]C([2H])(N)c1cc(C)nc(Oc2cccc(C(=O)Nc3ccccc3)c2)c1. The van der Waals surface area contributed by atoms with E-state index in [2.05, 4.69) is 10.3 Å². The fourth-order valence-electron chi connectivity index (χ4n) is 2.32. The van der Waals surface area contributed by atoms with Crippen molar-refractivity contribution in [3.8, 4) is 11.6 Å². The highest BCUT2D eigenvalue weighted by Gasteiger charge is 2.08. The number of hydrogen-bond donors (Lipinski definition) is 2. The van der Waals surface area contributed by atoms with Crippen molar-refractivity contribution in [3.63, 3.8) is 0 Å². The van der Waals surface area contributed by atoms with Gasteiger partial charge in [-0.15, -0.1) is 0 Å². The fraction of sp³-hybridized carbons (Fsp3) is 0.100. The highest BCUT2D eigenvalue weighted by atomic mass is 16.5. The van der Waals surface area contributed by atoms with Gasteiger partial charge in [-0.2, -0.15) is 0 Å². The zero-order valence-electron chi connectivity index (χ0n) is 15.7. The minimum Gasteiger partial charge on any atom is -0.439 e. The third-order valence-corrected chi connectivity index (χ3v) is 3.45. The van der Waals surface area contributed by atoms with Gasteiger partial charge in [0.1, 0.15) is 5.75 Å². The second-order valence-electron chi connectivity index (χ2n) is 5.43. The molecule has 3 N–H and O–H groups in total. The van der Waals surface area contributed by atoms with E-state index in [9.17, 15) is 4.79 Å². The first-order valence-corrected chi connectivity index (χ1v) is 7.74. The quantitative estimate of drug-likeness (QED) is 0.741. The minimum absolute atomic E-state index is 0.208. The Labute approximate surface area is 149 Å². The van der Waals surface area contributed by atoms with Crippen LogP contribution >= 0.6 is 0 Å². The minimum atomic E-state index is -2.00. The van der Waals surface area contributed by atoms with Gasteiger partial charge >= 0.3 is 0 Å². The predicted octanol–water partition coefficient (Wildman–Crippen LogP) is 3.89. The number of ether oxygens (including phenoxy) is 1. The zero-order valence-corrected chi connectivity index (χ0v) is 13.7. The summed E-state index contributed by atoms with van der Waals surface area (Å²) in [6.07, 6.45) is 0. The van der Waals surface area contributed by atoms with Crippen LogP contribution in [0, 0.1) is 6.92 Å². The van der Waals surface area contributed by atoms with Gasteiger partial charge in [-0.25, -0.2) is 4.98 Å². The number of nitrogens with one attached hydrogen (secondary N) is 1. The van der Waals surface area contributed by atoms with Crippen LogP contribution in [0.3, 0.4) is 0 Å². The summed E-state index contributed by atoms with van der Waals surface area (Å²) in [4.78, 5) is 16.6. The molecule has 0 aliphatic rings. The van der Waals surface area contributed by atoms with E-state index in [1.807, 2.05) is 18.2 Å². The summed E-state index contributed by atoms with van der Waals surface area (Å²) in [7, 11) is 0. The molecule has 25 heavy (non-hydrogen) atoms. The van der Waals surface area contributed by atoms with Crippen LogP contribution in [-0.2, 0) is 6.50 Å². The molecule has 3 rings (SSSR count). The summed E-state index contributed by atoms with van der Waals surface area (Å²) in [5, 5.41) is 2.81. The van der Waals surface area contributed by atoms with Gasteiger partial charge in [-0.3, -0.25) is 4.79 Å². The molecule has 2 aromatic carbocycles. The van der Waals surface area contributed by atoms with Crippen molar-refractivity contribution in [1.29, 1.82) is 0 Å². The maximum atomic E-state index is 12.4. The van der Waals surface area contributed by atoms with E-state index in [1.165, 1.54) is 6.07 Å². The largest absolute Gasteiger partial charge is 0.439 e. The van der Waals surface area contributed by atoms with Gasteiger partial charge in [0.25, 0.3) is 5.91 Å². The van der Waals surface area contributed by atoms with Gasteiger partial charge in [-0.05, 0) is 48.9 Å². The highest BCUT2D eigenvalue weighted by molar-refractivity contribution is 6.04. The molecule has 1 heterocycles. The Kier molecular flexibility index (Phi) is 4.31.